The lowest BCUT2D eigenvalue weighted by atomic mass is 9.49. The maximum absolute atomic E-state index is 13.7. The van der Waals surface area contributed by atoms with Gasteiger partial charge < -0.3 is 39.7 Å². The van der Waals surface area contributed by atoms with E-state index in [2.05, 4.69) is 5.32 Å². The second-order valence-corrected chi connectivity index (χ2v) is 12.9. The number of carbonyl (C=O) groups is 2. The summed E-state index contributed by atoms with van der Waals surface area (Å²) in [6.45, 7) is -0.0112. The van der Waals surface area contributed by atoms with Gasteiger partial charge >= 0.3 is 0 Å². The molecule has 4 bridgehead atoms. The summed E-state index contributed by atoms with van der Waals surface area (Å²) in [5, 5.41) is 33.9. The summed E-state index contributed by atoms with van der Waals surface area (Å²) >= 11 is 0. The second kappa shape index (κ2) is 11.2. The Morgan fingerprint density at radius 1 is 1.10 bits per heavy atom. The number of ether oxygens (including phenoxy) is 3. The van der Waals surface area contributed by atoms with E-state index >= 15 is 0 Å². The van der Waals surface area contributed by atoms with Crippen molar-refractivity contribution in [1.29, 1.82) is 0 Å². The summed E-state index contributed by atoms with van der Waals surface area (Å²) in [7, 11) is 2.99. The molecule has 7 rings (SSSR count). The van der Waals surface area contributed by atoms with Crippen LogP contribution in [0.3, 0.4) is 0 Å². The summed E-state index contributed by atoms with van der Waals surface area (Å²) in [4.78, 5) is 29.0. The smallest absolute Gasteiger partial charge is 0.249 e. The summed E-state index contributed by atoms with van der Waals surface area (Å²) in [6, 6.07) is 2.64. The zero-order valence-electron chi connectivity index (χ0n) is 23.9. The molecule has 0 unspecified atom stereocenters. The fourth-order valence-corrected chi connectivity index (χ4v) is 9.03. The third-order valence-corrected chi connectivity index (χ3v) is 10.1. The molecule has 0 aromatic heterocycles. The number of fused-ring (bicyclic) bond motifs is 3. The SMILES string of the molecule is COCC(=O)N(CC12CC3CC(CC(C3)C1)C2)[C@@H]1C=C(C(=O)NCCO)[C@@H]2c3cc(CO)cc(OC)c3O[C@@H]2[C@H]1O. The molecule has 1 heterocycles. The van der Waals surface area contributed by atoms with Crippen molar-refractivity contribution in [2.45, 2.75) is 69.3 Å². The van der Waals surface area contributed by atoms with Gasteiger partial charge in [-0.05, 0) is 85.5 Å². The fraction of sp³-hybridized carbons (Fsp3) is 0.677. The number of methoxy groups -OCH3 is 2. The highest BCUT2D eigenvalue weighted by Gasteiger charge is 2.55. The average molecular weight is 571 g/mol. The number of carbonyl (C=O) groups excluding carboxylic acids is 2. The first-order chi connectivity index (χ1) is 19.8. The molecule has 41 heavy (non-hydrogen) atoms. The molecule has 10 heteroatoms. The van der Waals surface area contributed by atoms with Crippen LogP contribution in [0.1, 0.15) is 55.6 Å². The summed E-state index contributed by atoms with van der Waals surface area (Å²) < 4.78 is 17.2. The van der Waals surface area contributed by atoms with Crippen LogP contribution in [0.2, 0.25) is 0 Å². The van der Waals surface area contributed by atoms with Crippen molar-refractivity contribution >= 4 is 11.8 Å². The molecule has 4 fully saturated rings. The molecular weight excluding hydrogens is 528 g/mol. The van der Waals surface area contributed by atoms with Crippen LogP contribution in [0.4, 0.5) is 0 Å². The van der Waals surface area contributed by atoms with Gasteiger partial charge in [0.2, 0.25) is 11.8 Å². The molecule has 4 atom stereocenters. The first-order valence-electron chi connectivity index (χ1n) is 14.8. The van der Waals surface area contributed by atoms with Gasteiger partial charge in [0.1, 0.15) is 18.8 Å². The lowest BCUT2D eigenvalue weighted by molar-refractivity contribution is -0.148. The van der Waals surface area contributed by atoms with Gasteiger partial charge in [0, 0.05) is 31.3 Å². The Labute approximate surface area is 240 Å². The highest BCUT2D eigenvalue weighted by atomic mass is 16.5. The Bertz CT molecular complexity index is 1180. The highest BCUT2D eigenvalue weighted by molar-refractivity contribution is 5.96. The molecule has 224 valence electrons. The highest BCUT2D eigenvalue weighted by Crippen LogP contribution is 2.60. The van der Waals surface area contributed by atoms with Crippen LogP contribution in [-0.4, -0.2) is 90.8 Å². The van der Waals surface area contributed by atoms with E-state index in [1.807, 2.05) is 0 Å². The lowest BCUT2D eigenvalue weighted by Crippen LogP contribution is -2.60. The van der Waals surface area contributed by atoms with E-state index in [4.69, 9.17) is 14.2 Å². The Balaban J connectivity index is 1.40. The van der Waals surface area contributed by atoms with Gasteiger partial charge in [-0.1, -0.05) is 0 Å². The monoisotopic (exact) mass is 570 g/mol. The molecule has 0 radical (unpaired) electrons. The van der Waals surface area contributed by atoms with Gasteiger partial charge in [-0.2, -0.15) is 0 Å². The van der Waals surface area contributed by atoms with Crippen molar-refractivity contribution in [2.24, 2.45) is 23.2 Å². The van der Waals surface area contributed by atoms with Crippen LogP contribution in [-0.2, 0) is 20.9 Å². The van der Waals surface area contributed by atoms with E-state index in [1.165, 1.54) is 33.5 Å². The first kappa shape index (κ1) is 28.5. The lowest BCUT2D eigenvalue weighted by Gasteiger charge is -2.58. The summed E-state index contributed by atoms with van der Waals surface area (Å²) in [5.74, 6) is 1.62. The van der Waals surface area contributed by atoms with E-state index in [-0.39, 0.29) is 37.7 Å². The van der Waals surface area contributed by atoms with Crippen LogP contribution >= 0.6 is 0 Å². The van der Waals surface area contributed by atoms with Crippen molar-refractivity contribution < 1.29 is 39.1 Å². The van der Waals surface area contributed by atoms with Crippen molar-refractivity contribution in [3.05, 3.63) is 34.9 Å². The minimum atomic E-state index is -1.13. The van der Waals surface area contributed by atoms with Crippen molar-refractivity contribution in [2.75, 3.05) is 40.5 Å². The number of nitrogens with zero attached hydrogens (tertiary/aromatic N) is 1. The number of nitrogens with one attached hydrogen (secondary N) is 1. The van der Waals surface area contributed by atoms with E-state index in [0.29, 0.717) is 52.5 Å². The summed E-state index contributed by atoms with van der Waals surface area (Å²) in [5.41, 5.74) is 1.59. The van der Waals surface area contributed by atoms with Gasteiger partial charge in [0.25, 0.3) is 0 Å². The van der Waals surface area contributed by atoms with Gasteiger partial charge in [-0.25, -0.2) is 0 Å². The zero-order valence-corrected chi connectivity index (χ0v) is 23.9. The van der Waals surface area contributed by atoms with Crippen molar-refractivity contribution in [1.82, 2.24) is 10.2 Å². The zero-order chi connectivity index (χ0) is 28.9. The maximum atomic E-state index is 13.7. The minimum absolute atomic E-state index is 0.000610. The quantitative estimate of drug-likeness (QED) is 0.332. The molecule has 0 spiro atoms. The Hall–Kier alpha value is -2.66. The molecule has 1 aliphatic heterocycles. The average Bonchev–Trinajstić information content (AvgIpc) is 3.34. The van der Waals surface area contributed by atoms with Crippen molar-refractivity contribution in [3.8, 4) is 11.5 Å². The molecule has 1 aromatic rings. The third-order valence-electron chi connectivity index (χ3n) is 10.1. The number of benzene rings is 1. The fourth-order valence-electron chi connectivity index (χ4n) is 9.03. The van der Waals surface area contributed by atoms with Gasteiger partial charge in [-0.15, -0.1) is 0 Å². The van der Waals surface area contributed by atoms with Crippen LogP contribution in [0.25, 0.3) is 0 Å². The van der Waals surface area contributed by atoms with Crippen LogP contribution < -0.4 is 14.8 Å². The first-order valence-corrected chi connectivity index (χ1v) is 14.8. The van der Waals surface area contributed by atoms with E-state index < -0.39 is 30.1 Å². The molecule has 10 nitrogen and oxygen atoms in total. The molecule has 0 saturated heterocycles. The van der Waals surface area contributed by atoms with Gasteiger partial charge in [0.15, 0.2) is 11.5 Å². The molecular formula is C31H42N2O8. The van der Waals surface area contributed by atoms with Crippen LogP contribution in [0, 0.1) is 23.2 Å². The van der Waals surface area contributed by atoms with Crippen LogP contribution in [0.5, 0.6) is 11.5 Å². The number of aliphatic hydroxyl groups is 3. The molecule has 2 amide bonds. The van der Waals surface area contributed by atoms with Crippen molar-refractivity contribution in [3.63, 3.8) is 0 Å². The summed E-state index contributed by atoms with van der Waals surface area (Å²) in [6.07, 6.45) is 6.82. The molecule has 4 saturated carbocycles. The number of hydrogen-bond donors (Lipinski definition) is 4. The van der Waals surface area contributed by atoms with Crippen LogP contribution in [0.15, 0.2) is 23.8 Å². The van der Waals surface area contributed by atoms with E-state index in [9.17, 15) is 24.9 Å². The van der Waals surface area contributed by atoms with E-state index in [0.717, 1.165) is 19.3 Å². The Kier molecular flexibility index (Phi) is 7.78. The molecule has 4 N–H and O–H groups in total. The molecule has 6 aliphatic rings. The Morgan fingerprint density at radius 3 is 2.37 bits per heavy atom. The number of aliphatic hydroxyl groups excluding tert-OH is 3. The molecule has 1 aromatic carbocycles. The van der Waals surface area contributed by atoms with E-state index in [1.54, 1.807) is 23.1 Å². The predicted molar refractivity (Wildman–Crippen MR) is 148 cm³/mol. The largest absolute Gasteiger partial charge is 0.493 e. The predicted octanol–water partition coefficient (Wildman–Crippen LogP) is 1.50. The normalized spacial score (nSPS) is 34.4. The topological polar surface area (TPSA) is 138 Å². The van der Waals surface area contributed by atoms with Gasteiger partial charge in [0.05, 0.1) is 32.3 Å². The molecule has 5 aliphatic carbocycles. The second-order valence-electron chi connectivity index (χ2n) is 12.9. The standard InChI is InChI=1S/C31H42N2O8/c1-39-15-25(36)33(16-31-11-17-5-18(12-31)7-19(6-17)13-31)23-10-22(30(38)32-3-4-34)26-21-8-20(14-35)9-24(40-2)28(21)41-29(26)27(23)37/h8-10,17-19,23,26-27,29,34-35,37H,3-7,11-16H2,1-2H3,(H,32,38)/t17?,18?,19?,23-,26+,27+,29+,31?/m1/s1. The minimum Gasteiger partial charge on any atom is -0.493 e. The third kappa shape index (κ3) is 5.02. The number of hydrogen-bond acceptors (Lipinski definition) is 8. The maximum Gasteiger partial charge on any atom is 0.249 e. The van der Waals surface area contributed by atoms with Gasteiger partial charge in [-0.3, -0.25) is 9.59 Å². The number of amides is 2. The Morgan fingerprint density at radius 2 is 1.78 bits per heavy atom. The number of rotatable bonds is 10.